The summed E-state index contributed by atoms with van der Waals surface area (Å²) in [6.07, 6.45) is 3.70. The molecule has 0 spiro atoms. The highest BCUT2D eigenvalue weighted by Gasteiger charge is 2.20. The van der Waals surface area contributed by atoms with Crippen LogP contribution >= 0.6 is 0 Å². The Morgan fingerprint density at radius 2 is 1.88 bits per heavy atom. The quantitative estimate of drug-likeness (QED) is 0.755. The topological polar surface area (TPSA) is 15.3 Å². The van der Waals surface area contributed by atoms with Crippen LogP contribution in [0, 0.1) is 17.8 Å². The van der Waals surface area contributed by atoms with E-state index >= 15 is 0 Å². The lowest BCUT2D eigenvalue weighted by atomic mass is 9.95. The molecule has 0 aromatic carbocycles. The molecule has 0 bridgehead atoms. The summed E-state index contributed by atoms with van der Waals surface area (Å²) in [5.41, 5.74) is 0.258. The van der Waals surface area contributed by atoms with Crippen molar-refractivity contribution in [1.82, 2.24) is 10.2 Å². The van der Waals surface area contributed by atoms with Crippen molar-refractivity contribution in [2.24, 2.45) is 5.92 Å². The lowest BCUT2D eigenvalue weighted by molar-refractivity contribution is 0.180. The van der Waals surface area contributed by atoms with Gasteiger partial charge in [0.2, 0.25) is 0 Å². The summed E-state index contributed by atoms with van der Waals surface area (Å²) in [7, 11) is 0. The predicted molar refractivity (Wildman–Crippen MR) is 75.0 cm³/mol. The predicted octanol–water partition coefficient (Wildman–Crippen LogP) is 2.50. The van der Waals surface area contributed by atoms with Crippen molar-refractivity contribution < 1.29 is 0 Å². The van der Waals surface area contributed by atoms with Crippen molar-refractivity contribution in [3.63, 3.8) is 0 Å². The maximum Gasteiger partial charge on any atom is 0.0216 e. The van der Waals surface area contributed by atoms with Crippen molar-refractivity contribution >= 4 is 0 Å². The molecule has 2 heteroatoms. The van der Waals surface area contributed by atoms with Crippen LogP contribution in [-0.2, 0) is 0 Å². The van der Waals surface area contributed by atoms with Crippen molar-refractivity contribution in [2.45, 2.75) is 52.5 Å². The molecule has 0 saturated carbocycles. The summed E-state index contributed by atoms with van der Waals surface area (Å²) in [6, 6.07) is 0. The van der Waals surface area contributed by atoms with Crippen LogP contribution in [0.4, 0.5) is 0 Å². The van der Waals surface area contributed by atoms with E-state index in [-0.39, 0.29) is 5.54 Å². The van der Waals surface area contributed by atoms with Gasteiger partial charge in [-0.15, -0.1) is 11.8 Å². The SMILES string of the molecule is CC#CCCN1CCC(CNC(C)(C)C)CC1. The van der Waals surface area contributed by atoms with Crippen LogP contribution in [0.3, 0.4) is 0 Å². The zero-order chi connectivity index (χ0) is 12.7. The molecule has 0 amide bonds. The summed E-state index contributed by atoms with van der Waals surface area (Å²) < 4.78 is 0. The number of nitrogens with zero attached hydrogens (tertiary/aromatic N) is 1. The molecule has 0 aliphatic carbocycles. The Morgan fingerprint density at radius 1 is 1.24 bits per heavy atom. The second-order valence-corrected chi connectivity index (χ2v) is 6.09. The maximum absolute atomic E-state index is 3.62. The number of hydrogen-bond donors (Lipinski definition) is 1. The first-order chi connectivity index (χ1) is 8.01. The summed E-state index contributed by atoms with van der Waals surface area (Å²) in [6.45, 7) is 13.5. The normalized spacial score (nSPS) is 18.8. The molecule has 0 aromatic rings. The van der Waals surface area contributed by atoms with E-state index in [2.05, 4.69) is 42.8 Å². The van der Waals surface area contributed by atoms with Crippen molar-refractivity contribution in [1.29, 1.82) is 0 Å². The number of rotatable bonds is 4. The van der Waals surface area contributed by atoms with Gasteiger partial charge in [-0.3, -0.25) is 0 Å². The monoisotopic (exact) mass is 236 g/mol. The average Bonchev–Trinajstić information content (AvgIpc) is 2.27. The van der Waals surface area contributed by atoms with Crippen LogP contribution in [0.5, 0.6) is 0 Å². The Morgan fingerprint density at radius 3 is 2.41 bits per heavy atom. The molecule has 1 fully saturated rings. The van der Waals surface area contributed by atoms with Crippen LogP contribution in [-0.4, -0.2) is 36.6 Å². The van der Waals surface area contributed by atoms with E-state index in [4.69, 9.17) is 0 Å². The van der Waals surface area contributed by atoms with Crippen LogP contribution < -0.4 is 5.32 Å². The van der Waals surface area contributed by atoms with Crippen LogP contribution in [0.25, 0.3) is 0 Å². The molecule has 17 heavy (non-hydrogen) atoms. The van der Waals surface area contributed by atoms with Crippen molar-refractivity contribution in [3.8, 4) is 11.8 Å². The lowest BCUT2D eigenvalue weighted by Crippen LogP contribution is -2.43. The Bertz CT molecular complexity index is 259. The molecule has 98 valence electrons. The van der Waals surface area contributed by atoms with Gasteiger partial charge in [0.25, 0.3) is 0 Å². The molecule has 0 radical (unpaired) electrons. The highest BCUT2D eigenvalue weighted by molar-refractivity contribution is 4.95. The fourth-order valence-corrected chi connectivity index (χ4v) is 2.20. The van der Waals surface area contributed by atoms with Gasteiger partial charge in [0.05, 0.1) is 0 Å². The minimum Gasteiger partial charge on any atom is -0.312 e. The second kappa shape index (κ2) is 7.03. The van der Waals surface area contributed by atoms with E-state index in [1.54, 1.807) is 0 Å². The molecular weight excluding hydrogens is 208 g/mol. The highest BCUT2D eigenvalue weighted by atomic mass is 15.1. The number of piperidine rings is 1. The Labute approximate surface area is 107 Å². The van der Waals surface area contributed by atoms with E-state index in [1.165, 1.54) is 32.5 Å². The summed E-state index contributed by atoms with van der Waals surface area (Å²) in [5.74, 6) is 6.98. The standard InChI is InChI=1S/C15H28N2/c1-5-6-7-10-17-11-8-14(9-12-17)13-16-15(2,3)4/h14,16H,7-13H2,1-4H3. The summed E-state index contributed by atoms with van der Waals surface area (Å²) >= 11 is 0. The molecule has 1 aliphatic heterocycles. The third-order valence-corrected chi connectivity index (χ3v) is 3.36. The molecule has 1 aliphatic rings. The third kappa shape index (κ3) is 6.71. The molecule has 1 rings (SSSR count). The van der Waals surface area contributed by atoms with Gasteiger partial charge in [-0.1, -0.05) is 0 Å². The molecule has 0 aromatic heterocycles. The van der Waals surface area contributed by atoms with Crippen LogP contribution in [0.1, 0.15) is 47.0 Å². The average molecular weight is 236 g/mol. The first kappa shape index (κ1) is 14.5. The molecule has 2 nitrogen and oxygen atoms in total. The molecule has 0 unspecified atom stereocenters. The fraction of sp³-hybridized carbons (Fsp3) is 0.867. The highest BCUT2D eigenvalue weighted by Crippen LogP contribution is 2.17. The van der Waals surface area contributed by atoms with Gasteiger partial charge in [-0.05, 0) is 66.1 Å². The lowest BCUT2D eigenvalue weighted by Gasteiger charge is -2.33. The number of likely N-dealkylation sites (tertiary alicyclic amines) is 1. The van der Waals surface area contributed by atoms with Gasteiger partial charge < -0.3 is 10.2 Å². The Balaban J connectivity index is 2.14. The van der Waals surface area contributed by atoms with E-state index in [0.29, 0.717) is 0 Å². The first-order valence-corrected chi connectivity index (χ1v) is 6.88. The maximum atomic E-state index is 3.62. The molecule has 1 saturated heterocycles. The van der Waals surface area contributed by atoms with E-state index < -0.39 is 0 Å². The van der Waals surface area contributed by atoms with Crippen molar-refractivity contribution in [3.05, 3.63) is 0 Å². The van der Waals surface area contributed by atoms with Gasteiger partial charge in [-0.25, -0.2) is 0 Å². The van der Waals surface area contributed by atoms with Crippen LogP contribution in [0.15, 0.2) is 0 Å². The fourth-order valence-electron chi connectivity index (χ4n) is 2.20. The Hall–Kier alpha value is -0.520. The first-order valence-electron chi connectivity index (χ1n) is 6.88. The zero-order valence-corrected chi connectivity index (χ0v) is 12.0. The van der Waals surface area contributed by atoms with Crippen molar-refractivity contribution in [2.75, 3.05) is 26.2 Å². The largest absolute Gasteiger partial charge is 0.312 e. The molecule has 1 N–H and O–H groups in total. The summed E-state index contributed by atoms with van der Waals surface area (Å²) in [4.78, 5) is 2.55. The smallest absolute Gasteiger partial charge is 0.0216 e. The number of nitrogens with one attached hydrogen (secondary N) is 1. The van der Waals surface area contributed by atoms with Crippen LogP contribution in [0.2, 0.25) is 0 Å². The zero-order valence-electron chi connectivity index (χ0n) is 12.0. The third-order valence-electron chi connectivity index (χ3n) is 3.36. The molecular formula is C15H28N2. The van der Waals surface area contributed by atoms with E-state index in [1.807, 2.05) is 6.92 Å². The van der Waals surface area contributed by atoms with Gasteiger partial charge >= 0.3 is 0 Å². The number of hydrogen-bond acceptors (Lipinski definition) is 2. The second-order valence-electron chi connectivity index (χ2n) is 6.09. The van der Waals surface area contributed by atoms with Gasteiger partial charge in [-0.2, -0.15) is 0 Å². The van der Waals surface area contributed by atoms with E-state index in [0.717, 1.165) is 18.9 Å². The summed E-state index contributed by atoms with van der Waals surface area (Å²) in [5, 5.41) is 3.62. The van der Waals surface area contributed by atoms with Gasteiger partial charge in [0.1, 0.15) is 0 Å². The molecule has 1 heterocycles. The van der Waals surface area contributed by atoms with E-state index in [9.17, 15) is 0 Å². The Kier molecular flexibility index (Phi) is 6.02. The molecule has 0 atom stereocenters. The van der Waals surface area contributed by atoms with Gasteiger partial charge in [0, 0.05) is 18.5 Å². The van der Waals surface area contributed by atoms with Gasteiger partial charge in [0.15, 0.2) is 0 Å². The minimum absolute atomic E-state index is 0.258. The minimum atomic E-state index is 0.258.